The summed E-state index contributed by atoms with van der Waals surface area (Å²) in [5.74, 6) is 0.759. The molecule has 0 bridgehead atoms. The zero-order chi connectivity index (χ0) is 13.1. The molecule has 0 saturated carbocycles. The van der Waals surface area contributed by atoms with Crippen molar-refractivity contribution in [3.05, 3.63) is 77.7 Å². The molecule has 3 aliphatic rings. The molecular weight excluding hydrogens is 244 g/mol. The number of para-hydroxylation sites is 2. The summed E-state index contributed by atoms with van der Waals surface area (Å²) in [6, 6.07) is 8.12. The summed E-state index contributed by atoms with van der Waals surface area (Å²) in [6.45, 7) is 0. The summed E-state index contributed by atoms with van der Waals surface area (Å²) in [6.07, 6.45) is 13.1. The second kappa shape index (κ2) is 3.54. The lowest BCUT2D eigenvalue weighted by Crippen LogP contribution is -2.12. The van der Waals surface area contributed by atoms with E-state index in [0.717, 1.165) is 22.4 Å². The lowest BCUT2D eigenvalue weighted by Gasteiger charge is -2.24. The Balaban J connectivity index is 1.87. The van der Waals surface area contributed by atoms with Gasteiger partial charge in [-0.15, -0.1) is 0 Å². The highest BCUT2D eigenvalue weighted by atomic mass is 14.9. The van der Waals surface area contributed by atoms with E-state index in [1.54, 1.807) is 0 Å². The average molecular weight is 256 g/mol. The topological polar surface area (TPSA) is 25.8 Å². The number of allylic oxidation sites excluding steroid dienone is 8. The summed E-state index contributed by atoms with van der Waals surface area (Å²) in [5.41, 5.74) is 6.88. The highest BCUT2D eigenvalue weighted by Gasteiger charge is 2.40. The van der Waals surface area contributed by atoms with Crippen LogP contribution in [0.4, 0.5) is 0 Å². The molecule has 0 aliphatic heterocycles. The second-order valence-corrected chi connectivity index (χ2v) is 5.48. The molecule has 3 aliphatic carbocycles. The average Bonchev–Trinajstić information content (AvgIpc) is 2.82. The van der Waals surface area contributed by atoms with E-state index in [0.29, 0.717) is 11.8 Å². The Morgan fingerprint density at radius 2 is 1.75 bits per heavy atom. The number of rotatable bonds is 0. The molecule has 0 amide bonds. The van der Waals surface area contributed by atoms with E-state index in [1.807, 2.05) is 24.3 Å². The van der Waals surface area contributed by atoms with Crippen molar-refractivity contribution in [2.75, 3.05) is 0 Å². The van der Waals surface area contributed by atoms with Crippen LogP contribution in [-0.2, 0) is 0 Å². The predicted octanol–water partition coefficient (Wildman–Crippen LogP) is 3.79. The van der Waals surface area contributed by atoms with Crippen LogP contribution >= 0.6 is 0 Å². The zero-order valence-corrected chi connectivity index (χ0v) is 10.8. The third kappa shape index (κ3) is 1.19. The summed E-state index contributed by atoms with van der Waals surface area (Å²) in [4.78, 5) is 9.77. The molecule has 2 atom stereocenters. The number of nitrogens with zero attached hydrogens (tertiary/aromatic N) is 2. The Labute approximate surface area is 116 Å². The maximum atomic E-state index is 4.89. The van der Waals surface area contributed by atoms with Gasteiger partial charge in [-0.3, -0.25) is 0 Å². The number of benzene rings is 1. The molecular formula is C18H12N2. The van der Waals surface area contributed by atoms with Gasteiger partial charge in [-0.2, -0.15) is 0 Å². The van der Waals surface area contributed by atoms with Gasteiger partial charge in [0.1, 0.15) is 0 Å². The monoisotopic (exact) mass is 256 g/mol. The molecule has 20 heavy (non-hydrogen) atoms. The summed E-state index contributed by atoms with van der Waals surface area (Å²) in [7, 11) is 0. The lowest BCUT2D eigenvalue weighted by molar-refractivity contribution is 0.707. The van der Waals surface area contributed by atoms with Crippen LogP contribution in [0.15, 0.2) is 66.3 Å². The van der Waals surface area contributed by atoms with Crippen LogP contribution in [0.2, 0.25) is 0 Å². The lowest BCUT2D eigenvalue weighted by atomic mass is 9.79. The van der Waals surface area contributed by atoms with Gasteiger partial charge in [-0.25, -0.2) is 9.97 Å². The summed E-state index contributed by atoms with van der Waals surface area (Å²) < 4.78 is 0. The minimum atomic E-state index is 0.346. The van der Waals surface area contributed by atoms with Gasteiger partial charge < -0.3 is 0 Å². The Hall–Kier alpha value is -2.48. The minimum absolute atomic E-state index is 0.346. The van der Waals surface area contributed by atoms with Crippen LogP contribution in [0.5, 0.6) is 0 Å². The molecule has 0 spiro atoms. The maximum absolute atomic E-state index is 4.89. The number of aromatic nitrogens is 2. The Bertz CT molecular complexity index is 868. The molecule has 0 unspecified atom stereocenters. The molecule has 0 saturated heterocycles. The third-order valence-corrected chi connectivity index (χ3v) is 4.41. The fourth-order valence-corrected chi connectivity index (χ4v) is 3.54. The Morgan fingerprint density at radius 1 is 0.900 bits per heavy atom. The first-order valence-corrected chi connectivity index (χ1v) is 6.95. The van der Waals surface area contributed by atoms with Crippen molar-refractivity contribution in [3.63, 3.8) is 0 Å². The van der Waals surface area contributed by atoms with Gasteiger partial charge in [0.25, 0.3) is 0 Å². The van der Waals surface area contributed by atoms with E-state index in [2.05, 4.69) is 36.5 Å². The van der Waals surface area contributed by atoms with Crippen LogP contribution in [0.3, 0.4) is 0 Å². The molecule has 2 aromatic rings. The Kier molecular flexibility index (Phi) is 1.83. The zero-order valence-electron chi connectivity index (χ0n) is 10.8. The van der Waals surface area contributed by atoms with Crippen LogP contribution in [0, 0.1) is 5.92 Å². The highest BCUT2D eigenvalue weighted by Crippen LogP contribution is 2.51. The number of hydrogen-bond donors (Lipinski definition) is 0. The molecule has 2 heteroatoms. The first kappa shape index (κ1) is 10.3. The molecule has 94 valence electrons. The van der Waals surface area contributed by atoms with Gasteiger partial charge >= 0.3 is 0 Å². The van der Waals surface area contributed by atoms with E-state index in [4.69, 9.17) is 9.97 Å². The Morgan fingerprint density at radius 3 is 2.65 bits per heavy atom. The molecule has 0 fully saturated rings. The standard InChI is InChI=1S/C18H12N2/c1-2-10-15-14(9-1)19-17-12-7-3-5-11-6-4-8-13(16(11)12)18(17)20-15/h1-10,12,16H/t12-,16+/m1/s1. The molecule has 1 heterocycles. The fourth-order valence-electron chi connectivity index (χ4n) is 3.54. The van der Waals surface area contributed by atoms with Crippen molar-refractivity contribution < 1.29 is 0 Å². The van der Waals surface area contributed by atoms with Crippen molar-refractivity contribution in [2.24, 2.45) is 5.92 Å². The smallest absolute Gasteiger partial charge is 0.0897 e. The van der Waals surface area contributed by atoms with Gasteiger partial charge in [0.2, 0.25) is 0 Å². The van der Waals surface area contributed by atoms with Gasteiger partial charge in [0.15, 0.2) is 0 Å². The largest absolute Gasteiger partial charge is 0.248 e. The van der Waals surface area contributed by atoms with Gasteiger partial charge in [-0.05, 0) is 23.3 Å². The SMILES string of the molecule is C1=CC2=CC=C[C@H]3c4nc5ccccc5nc4C(=C1)[C@@H]23. The van der Waals surface area contributed by atoms with E-state index in [1.165, 1.54) is 11.1 Å². The van der Waals surface area contributed by atoms with Gasteiger partial charge in [0.05, 0.1) is 22.4 Å². The maximum Gasteiger partial charge on any atom is 0.0897 e. The van der Waals surface area contributed by atoms with E-state index >= 15 is 0 Å². The van der Waals surface area contributed by atoms with Crippen LogP contribution in [0.1, 0.15) is 17.3 Å². The van der Waals surface area contributed by atoms with Crippen LogP contribution in [-0.4, -0.2) is 9.97 Å². The molecule has 1 aromatic carbocycles. The molecule has 1 aromatic heterocycles. The van der Waals surface area contributed by atoms with Crippen molar-refractivity contribution >= 4 is 16.6 Å². The molecule has 0 radical (unpaired) electrons. The quantitative estimate of drug-likeness (QED) is 0.716. The van der Waals surface area contributed by atoms with E-state index in [9.17, 15) is 0 Å². The first-order valence-electron chi connectivity index (χ1n) is 6.95. The summed E-state index contributed by atoms with van der Waals surface area (Å²) >= 11 is 0. The third-order valence-electron chi connectivity index (χ3n) is 4.41. The van der Waals surface area contributed by atoms with Crippen molar-refractivity contribution in [2.45, 2.75) is 5.92 Å². The van der Waals surface area contributed by atoms with Crippen LogP contribution in [0.25, 0.3) is 16.6 Å². The van der Waals surface area contributed by atoms with E-state index < -0.39 is 0 Å². The van der Waals surface area contributed by atoms with Crippen molar-refractivity contribution in [1.82, 2.24) is 9.97 Å². The summed E-state index contributed by atoms with van der Waals surface area (Å²) in [5, 5.41) is 0. The highest BCUT2D eigenvalue weighted by molar-refractivity contribution is 5.84. The number of hydrogen-bond acceptors (Lipinski definition) is 2. The van der Waals surface area contributed by atoms with Gasteiger partial charge in [-0.1, -0.05) is 48.6 Å². The van der Waals surface area contributed by atoms with Crippen LogP contribution < -0.4 is 0 Å². The second-order valence-electron chi connectivity index (χ2n) is 5.48. The first-order chi connectivity index (χ1) is 9.92. The minimum Gasteiger partial charge on any atom is -0.248 e. The fraction of sp³-hybridized carbons (Fsp3) is 0.111. The normalized spacial score (nSPS) is 25.2. The predicted molar refractivity (Wildman–Crippen MR) is 80.1 cm³/mol. The van der Waals surface area contributed by atoms with E-state index in [-0.39, 0.29) is 0 Å². The van der Waals surface area contributed by atoms with Gasteiger partial charge in [0, 0.05) is 11.8 Å². The molecule has 2 nitrogen and oxygen atoms in total. The van der Waals surface area contributed by atoms with Crippen molar-refractivity contribution in [3.8, 4) is 0 Å². The molecule has 0 N–H and O–H groups in total. The molecule has 5 rings (SSSR count). The number of fused-ring (bicyclic) bond motifs is 4. The van der Waals surface area contributed by atoms with Crippen molar-refractivity contribution in [1.29, 1.82) is 0 Å².